The van der Waals surface area contributed by atoms with E-state index in [0.29, 0.717) is 5.56 Å². The molecule has 0 saturated carbocycles. The van der Waals surface area contributed by atoms with Crippen molar-refractivity contribution in [2.75, 3.05) is 7.11 Å². The number of hydrogen-bond acceptors (Lipinski definition) is 6. The molecule has 1 unspecified atom stereocenters. The number of halogens is 2. The van der Waals surface area contributed by atoms with E-state index in [2.05, 4.69) is 10.1 Å². The minimum atomic E-state index is -1.28. The minimum absolute atomic E-state index is 0.00431. The number of benzene rings is 2. The van der Waals surface area contributed by atoms with Crippen molar-refractivity contribution < 1.29 is 37.5 Å². The molecule has 4 rings (SSSR count). The number of methoxy groups -OCH3 is 1. The number of nitrogens with zero attached hydrogens (tertiary/aromatic N) is 1. The molecule has 0 bridgehead atoms. The van der Waals surface area contributed by atoms with Gasteiger partial charge in [-0.15, -0.1) is 0 Å². The SMILES string of the molecule is COc1c(F)ccc(C(=O)NC(=O)c2cccc3c2C(=O)N(C2CCC(=O)NC2=O)C3)c1F. The van der Waals surface area contributed by atoms with Gasteiger partial charge in [-0.25, -0.2) is 8.78 Å². The number of carbonyl (C=O) groups excluding carboxylic acids is 5. The Hall–Kier alpha value is -4.15. The van der Waals surface area contributed by atoms with Crippen molar-refractivity contribution in [2.45, 2.75) is 25.4 Å². The van der Waals surface area contributed by atoms with Crippen LogP contribution in [0.1, 0.15) is 49.5 Å². The molecule has 9 nitrogen and oxygen atoms in total. The fraction of sp³-hybridized carbons (Fsp3) is 0.227. The van der Waals surface area contributed by atoms with Crippen LogP contribution in [-0.4, -0.2) is 47.6 Å². The van der Waals surface area contributed by atoms with E-state index in [9.17, 15) is 32.8 Å². The van der Waals surface area contributed by atoms with Crippen molar-refractivity contribution in [2.24, 2.45) is 0 Å². The molecule has 11 heteroatoms. The summed E-state index contributed by atoms with van der Waals surface area (Å²) in [5.74, 6) is -6.82. The Bertz CT molecular complexity index is 1230. The number of ether oxygens (including phenoxy) is 1. The van der Waals surface area contributed by atoms with Crippen molar-refractivity contribution in [3.63, 3.8) is 0 Å². The van der Waals surface area contributed by atoms with Crippen molar-refractivity contribution in [1.82, 2.24) is 15.5 Å². The summed E-state index contributed by atoms with van der Waals surface area (Å²) in [4.78, 5) is 63.2. The lowest BCUT2D eigenvalue weighted by Crippen LogP contribution is -2.52. The number of carbonyl (C=O) groups is 5. The Labute approximate surface area is 185 Å². The lowest BCUT2D eigenvalue weighted by atomic mass is 10.0. The second-order valence-corrected chi connectivity index (χ2v) is 7.47. The molecule has 1 saturated heterocycles. The van der Waals surface area contributed by atoms with Gasteiger partial charge in [0, 0.05) is 13.0 Å². The van der Waals surface area contributed by atoms with E-state index < -0.39 is 58.5 Å². The quantitative estimate of drug-likeness (QED) is 0.668. The van der Waals surface area contributed by atoms with Crippen LogP contribution in [0, 0.1) is 11.6 Å². The molecular formula is C22H17F2N3O6. The molecule has 0 aliphatic carbocycles. The Balaban J connectivity index is 1.58. The van der Waals surface area contributed by atoms with E-state index in [4.69, 9.17) is 0 Å². The molecule has 2 aromatic carbocycles. The summed E-state index contributed by atoms with van der Waals surface area (Å²) in [7, 11) is 1.03. The third-order valence-corrected chi connectivity index (χ3v) is 5.52. The van der Waals surface area contributed by atoms with Gasteiger partial charge in [-0.3, -0.25) is 34.6 Å². The molecule has 170 valence electrons. The number of amides is 5. The first-order valence-electron chi connectivity index (χ1n) is 9.87. The summed E-state index contributed by atoms with van der Waals surface area (Å²) < 4.78 is 32.6. The zero-order valence-electron chi connectivity index (χ0n) is 17.2. The number of hydrogen-bond donors (Lipinski definition) is 2. The molecule has 2 N–H and O–H groups in total. The molecule has 0 radical (unpaired) electrons. The number of piperidine rings is 1. The van der Waals surface area contributed by atoms with Crippen molar-refractivity contribution in [3.05, 3.63) is 64.2 Å². The maximum absolute atomic E-state index is 14.4. The van der Waals surface area contributed by atoms with Crippen LogP contribution in [0.4, 0.5) is 8.78 Å². The van der Waals surface area contributed by atoms with Crippen LogP contribution in [0.3, 0.4) is 0 Å². The lowest BCUT2D eigenvalue weighted by Gasteiger charge is -2.29. The number of nitrogens with one attached hydrogen (secondary N) is 2. The van der Waals surface area contributed by atoms with Gasteiger partial charge >= 0.3 is 0 Å². The molecule has 0 aromatic heterocycles. The summed E-state index contributed by atoms with van der Waals surface area (Å²) in [6, 6.07) is 5.23. The first-order valence-corrected chi connectivity index (χ1v) is 9.87. The van der Waals surface area contributed by atoms with Gasteiger partial charge in [-0.05, 0) is 30.2 Å². The van der Waals surface area contributed by atoms with Gasteiger partial charge in [-0.1, -0.05) is 12.1 Å². The van der Waals surface area contributed by atoms with Gasteiger partial charge in [-0.2, -0.15) is 0 Å². The highest BCUT2D eigenvalue weighted by atomic mass is 19.1. The van der Waals surface area contributed by atoms with Crippen LogP contribution in [0.15, 0.2) is 30.3 Å². The highest BCUT2D eigenvalue weighted by Gasteiger charge is 2.40. The number of rotatable bonds is 4. The Morgan fingerprint density at radius 1 is 1.09 bits per heavy atom. The molecule has 1 fully saturated rings. The zero-order chi connectivity index (χ0) is 23.9. The third kappa shape index (κ3) is 3.81. The second-order valence-electron chi connectivity index (χ2n) is 7.47. The Morgan fingerprint density at radius 2 is 1.82 bits per heavy atom. The minimum Gasteiger partial charge on any atom is -0.491 e. The summed E-state index contributed by atoms with van der Waals surface area (Å²) in [6.45, 7) is 0.0410. The lowest BCUT2D eigenvalue weighted by molar-refractivity contribution is -0.136. The van der Waals surface area contributed by atoms with E-state index in [1.165, 1.54) is 17.0 Å². The Kier molecular flexibility index (Phi) is 5.62. The number of fused-ring (bicyclic) bond motifs is 1. The predicted molar refractivity (Wildman–Crippen MR) is 107 cm³/mol. The van der Waals surface area contributed by atoms with Crippen LogP contribution in [0.25, 0.3) is 0 Å². The molecule has 5 amide bonds. The average molecular weight is 457 g/mol. The van der Waals surface area contributed by atoms with Crippen LogP contribution >= 0.6 is 0 Å². The fourth-order valence-electron chi connectivity index (χ4n) is 3.94. The van der Waals surface area contributed by atoms with Crippen LogP contribution in [0.2, 0.25) is 0 Å². The van der Waals surface area contributed by atoms with Gasteiger partial charge in [0.05, 0.1) is 23.8 Å². The molecule has 1 atom stereocenters. The normalized spacial score (nSPS) is 17.5. The van der Waals surface area contributed by atoms with Crippen LogP contribution in [-0.2, 0) is 16.1 Å². The highest BCUT2D eigenvalue weighted by Crippen LogP contribution is 2.30. The van der Waals surface area contributed by atoms with Gasteiger partial charge < -0.3 is 9.64 Å². The first-order chi connectivity index (χ1) is 15.7. The second kappa shape index (κ2) is 8.41. The average Bonchev–Trinajstić information content (AvgIpc) is 3.10. The molecule has 33 heavy (non-hydrogen) atoms. The largest absolute Gasteiger partial charge is 0.491 e. The third-order valence-electron chi connectivity index (χ3n) is 5.52. The van der Waals surface area contributed by atoms with Crippen LogP contribution in [0.5, 0.6) is 5.75 Å². The predicted octanol–water partition coefficient (Wildman–Crippen LogP) is 1.30. The van der Waals surface area contributed by atoms with E-state index in [-0.39, 0.29) is 30.5 Å². The van der Waals surface area contributed by atoms with E-state index in [1.807, 2.05) is 5.32 Å². The van der Waals surface area contributed by atoms with E-state index in [1.54, 1.807) is 6.07 Å². The smallest absolute Gasteiger partial charge is 0.261 e. The maximum atomic E-state index is 14.4. The zero-order valence-corrected chi connectivity index (χ0v) is 17.2. The monoisotopic (exact) mass is 457 g/mol. The molecule has 2 heterocycles. The fourth-order valence-corrected chi connectivity index (χ4v) is 3.94. The van der Waals surface area contributed by atoms with Gasteiger partial charge in [0.25, 0.3) is 17.7 Å². The summed E-state index contributed by atoms with van der Waals surface area (Å²) >= 11 is 0. The van der Waals surface area contributed by atoms with E-state index in [0.717, 1.165) is 19.2 Å². The molecule has 2 aliphatic heterocycles. The van der Waals surface area contributed by atoms with Gasteiger partial charge in [0.2, 0.25) is 11.8 Å². The topological polar surface area (TPSA) is 122 Å². The molecule has 2 aliphatic rings. The maximum Gasteiger partial charge on any atom is 0.261 e. The van der Waals surface area contributed by atoms with Gasteiger partial charge in [0.15, 0.2) is 17.4 Å². The summed E-state index contributed by atoms with van der Waals surface area (Å²) in [6.07, 6.45) is 0.223. The standard InChI is InChI=1S/C22H17F2N3O6/c1-33-18-13(23)6-5-12(17(18)24)20(30)26-19(29)11-4-2-3-10-9-27(22(32)16(10)11)14-7-8-15(28)25-21(14)31/h2-6,14H,7-9H2,1H3,(H,25,28,31)(H,26,29,30). The molecule has 0 spiro atoms. The molecule has 2 aromatic rings. The van der Waals surface area contributed by atoms with Crippen molar-refractivity contribution in [1.29, 1.82) is 0 Å². The van der Waals surface area contributed by atoms with E-state index >= 15 is 0 Å². The van der Waals surface area contributed by atoms with Gasteiger partial charge in [0.1, 0.15) is 6.04 Å². The highest BCUT2D eigenvalue weighted by molar-refractivity contribution is 6.16. The number of imide groups is 2. The molecular weight excluding hydrogens is 440 g/mol. The van der Waals surface area contributed by atoms with Crippen molar-refractivity contribution >= 4 is 29.5 Å². The summed E-state index contributed by atoms with van der Waals surface area (Å²) in [5, 5.41) is 4.18. The summed E-state index contributed by atoms with van der Waals surface area (Å²) in [5.41, 5.74) is -0.301. The first kappa shape index (κ1) is 22.1. The van der Waals surface area contributed by atoms with Crippen molar-refractivity contribution in [3.8, 4) is 5.75 Å². The Morgan fingerprint density at radius 3 is 2.52 bits per heavy atom. The van der Waals surface area contributed by atoms with Crippen LogP contribution < -0.4 is 15.4 Å².